The number of rotatable bonds is 9. The topological polar surface area (TPSA) is 107 Å². The number of hydrogen-bond acceptors (Lipinski definition) is 6. The van der Waals surface area contributed by atoms with Crippen molar-refractivity contribution in [3.63, 3.8) is 0 Å². The molecule has 0 bridgehead atoms. The Morgan fingerprint density at radius 2 is 1.89 bits per heavy atom. The van der Waals surface area contributed by atoms with E-state index in [4.69, 9.17) is 17.3 Å². The van der Waals surface area contributed by atoms with Gasteiger partial charge in [-0.05, 0) is 36.6 Å². The van der Waals surface area contributed by atoms with Gasteiger partial charge in [0.25, 0.3) is 5.91 Å². The van der Waals surface area contributed by atoms with Gasteiger partial charge in [-0.1, -0.05) is 36.1 Å². The summed E-state index contributed by atoms with van der Waals surface area (Å²) in [5.41, 5.74) is 0.786. The summed E-state index contributed by atoms with van der Waals surface area (Å²) in [5, 5.41) is 20.5. The van der Waals surface area contributed by atoms with E-state index >= 15 is 0 Å². The maximum absolute atomic E-state index is 12.5. The number of carbonyl (C=O) groups is 3. The minimum Gasteiger partial charge on any atom is -0.508 e. The Morgan fingerprint density at radius 1 is 1.19 bits per heavy atom. The zero-order valence-electron chi connectivity index (χ0n) is 14.5. The van der Waals surface area contributed by atoms with Crippen molar-refractivity contribution < 1.29 is 24.6 Å². The number of aliphatic carboxylic acids is 1. The average molecular weight is 409 g/mol. The van der Waals surface area contributed by atoms with Crippen molar-refractivity contribution >= 4 is 52.2 Å². The largest absolute Gasteiger partial charge is 0.508 e. The van der Waals surface area contributed by atoms with Crippen LogP contribution in [0.5, 0.6) is 5.75 Å². The van der Waals surface area contributed by atoms with Crippen LogP contribution in [0.4, 0.5) is 0 Å². The molecule has 2 amide bonds. The number of aromatic hydroxyl groups is 1. The molecular weight excluding hydrogens is 388 g/mol. The quantitative estimate of drug-likeness (QED) is 0.327. The molecule has 1 aromatic rings. The molecule has 1 aliphatic rings. The number of carbonyl (C=O) groups excluding carboxylic acids is 2. The molecule has 9 heteroatoms. The molecule has 0 saturated carbocycles. The molecule has 1 fully saturated rings. The van der Waals surface area contributed by atoms with Gasteiger partial charge in [-0.3, -0.25) is 19.3 Å². The summed E-state index contributed by atoms with van der Waals surface area (Å²) in [4.78, 5) is 36.6. The van der Waals surface area contributed by atoms with Crippen molar-refractivity contribution in [1.82, 2.24) is 10.2 Å². The molecule has 0 aromatic heterocycles. The Morgan fingerprint density at radius 3 is 2.56 bits per heavy atom. The van der Waals surface area contributed by atoms with Crippen LogP contribution in [0.25, 0.3) is 6.08 Å². The number of carboxylic acids is 1. The van der Waals surface area contributed by atoms with Gasteiger partial charge in [0, 0.05) is 25.9 Å². The highest BCUT2D eigenvalue weighted by Gasteiger charge is 2.31. The molecule has 1 heterocycles. The summed E-state index contributed by atoms with van der Waals surface area (Å²) >= 11 is 6.46. The van der Waals surface area contributed by atoms with E-state index in [2.05, 4.69) is 5.32 Å². The SMILES string of the molecule is O=C(O)CCCNC(=O)CCCN1C(=O)/C(=C/c2ccc(O)cc2)SC1=S. The Hall–Kier alpha value is -2.39. The Balaban J connectivity index is 1.79. The minimum absolute atomic E-state index is 0.0181. The van der Waals surface area contributed by atoms with E-state index in [1.54, 1.807) is 30.3 Å². The maximum atomic E-state index is 12.5. The predicted molar refractivity (Wildman–Crippen MR) is 107 cm³/mol. The summed E-state index contributed by atoms with van der Waals surface area (Å²) in [6.07, 6.45) is 2.82. The van der Waals surface area contributed by atoms with Gasteiger partial charge in [0.05, 0.1) is 4.91 Å². The van der Waals surface area contributed by atoms with Crippen LogP contribution in [0.15, 0.2) is 29.2 Å². The van der Waals surface area contributed by atoms with Crippen LogP contribution in [0, 0.1) is 0 Å². The second kappa shape index (κ2) is 10.1. The van der Waals surface area contributed by atoms with Gasteiger partial charge in [0.15, 0.2) is 0 Å². The Labute approximate surface area is 166 Å². The van der Waals surface area contributed by atoms with Crippen molar-refractivity contribution in [2.45, 2.75) is 25.7 Å². The highest BCUT2D eigenvalue weighted by molar-refractivity contribution is 8.26. The second-order valence-electron chi connectivity index (χ2n) is 5.88. The number of thiocarbonyl (C=S) groups is 1. The molecule has 7 nitrogen and oxygen atoms in total. The van der Waals surface area contributed by atoms with Crippen LogP contribution >= 0.6 is 24.0 Å². The van der Waals surface area contributed by atoms with Crippen molar-refractivity contribution in [3.8, 4) is 5.75 Å². The molecule has 2 rings (SSSR count). The summed E-state index contributed by atoms with van der Waals surface area (Å²) in [6.45, 7) is 0.668. The van der Waals surface area contributed by atoms with Gasteiger partial charge in [-0.15, -0.1) is 0 Å². The summed E-state index contributed by atoms with van der Waals surface area (Å²) in [7, 11) is 0. The third kappa shape index (κ3) is 6.69. The maximum Gasteiger partial charge on any atom is 0.303 e. The van der Waals surface area contributed by atoms with Crippen molar-refractivity contribution in [2.75, 3.05) is 13.1 Å². The molecule has 0 unspecified atom stereocenters. The van der Waals surface area contributed by atoms with Gasteiger partial charge in [-0.25, -0.2) is 0 Å². The van der Waals surface area contributed by atoms with Gasteiger partial charge in [0.1, 0.15) is 10.1 Å². The van der Waals surface area contributed by atoms with E-state index in [9.17, 15) is 19.5 Å². The molecule has 0 aliphatic carbocycles. The molecule has 1 aliphatic heterocycles. The van der Waals surface area contributed by atoms with E-state index in [-0.39, 0.29) is 30.4 Å². The second-order valence-corrected chi connectivity index (χ2v) is 7.55. The first kappa shape index (κ1) is 20.9. The van der Waals surface area contributed by atoms with E-state index in [0.29, 0.717) is 35.2 Å². The minimum atomic E-state index is -0.890. The lowest BCUT2D eigenvalue weighted by Crippen LogP contribution is -2.31. The molecule has 1 aromatic carbocycles. The number of phenols is 1. The van der Waals surface area contributed by atoms with E-state index in [1.807, 2.05) is 0 Å². The van der Waals surface area contributed by atoms with Crippen LogP contribution in [0.3, 0.4) is 0 Å². The summed E-state index contributed by atoms with van der Waals surface area (Å²) in [6, 6.07) is 6.50. The molecule has 3 N–H and O–H groups in total. The van der Waals surface area contributed by atoms with E-state index in [0.717, 1.165) is 5.56 Å². The van der Waals surface area contributed by atoms with Crippen LogP contribution in [0.1, 0.15) is 31.2 Å². The Bertz CT molecular complexity index is 762. The normalized spacial score (nSPS) is 15.4. The fraction of sp³-hybridized carbons (Fsp3) is 0.333. The molecule has 144 valence electrons. The van der Waals surface area contributed by atoms with Gasteiger partial charge in [0.2, 0.25) is 5.91 Å². The first-order valence-corrected chi connectivity index (χ1v) is 9.62. The van der Waals surface area contributed by atoms with Gasteiger partial charge in [-0.2, -0.15) is 0 Å². The van der Waals surface area contributed by atoms with Crippen molar-refractivity contribution in [1.29, 1.82) is 0 Å². The monoisotopic (exact) mass is 408 g/mol. The van der Waals surface area contributed by atoms with Gasteiger partial charge < -0.3 is 15.5 Å². The first-order chi connectivity index (χ1) is 12.9. The fourth-order valence-electron chi connectivity index (χ4n) is 2.37. The molecular formula is C18H20N2O5S2. The molecule has 0 spiro atoms. The number of hydrogen-bond donors (Lipinski definition) is 3. The highest BCUT2D eigenvalue weighted by atomic mass is 32.2. The standard InChI is InChI=1S/C18H20N2O5S2/c21-13-7-5-12(6-8-13)11-14-17(25)20(18(26)27-14)10-2-3-15(22)19-9-1-4-16(23)24/h5-8,11,21H,1-4,9-10H2,(H,19,22)(H,23,24)/b14-11-. The first-order valence-electron chi connectivity index (χ1n) is 8.39. The van der Waals surface area contributed by atoms with Crippen LogP contribution < -0.4 is 5.32 Å². The smallest absolute Gasteiger partial charge is 0.303 e. The van der Waals surface area contributed by atoms with Crippen molar-refractivity contribution in [3.05, 3.63) is 34.7 Å². The zero-order valence-corrected chi connectivity index (χ0v) is 16.1. The molecule has 1 saturated heterocycles. The number of benzene rings is 1. The van der Waals surface area contributed by atoms with Gasteiger partial charge >= 0.3 is 5.97 Å². The molecule has 0 atom stereocenters. The average Bonchev–Trinajstić information content (AvgIpc) is 2.88. The summed E-state index contributed by atoms with van der Waals surface area (Å²) in [5.74, 6) is -1.11. The number of amides is 2. The highest BCUT2D eigenvalue weighted by Crippen LogP contribution is 2.32. The Kier molecular flexibility index (Phi) is 7.81. The molecule has 27 heavy (non-hydrogen) atoms. The number of nitrogens with zero attached hydrogens (tertiary/aromatic N) is 1. The lowest BCUT2D eigenvalue weighted by molar-refractivity contribution is -0.137. The number of carboxylic acid groups (broad SMARTS) is 1. The van der Waals surface area contributed by atoms with Crippen LogP contribution in [-0.2, 0) is 14.4 Å². The molecule has 0 radical (unpaired) electrons. The van der Waals surface area contributed by atoms with Crippen LogP contribution in [-0.4, -0.2) is 50.3 Å². The zero-order chi connectivity index (χ0) is 19.8. The lowest BCUT2D eigenvalue weighted by atomic mass is 10.2. The van der Waals surface area contributed by atoms with Crippen LogP contribution in [0.2, 0.25) is 0 Å². The summed E-state index contributed by atoms with van der Waals surface area (Å²) < 4.78 is 0.451. The van der Waals surface area contributed by atoms with E-state index in [1.165, 1.54) is 16.7 Å². The number of thioether (sulfide) groups is 1. The third-order valence-corrected chi connectivity index (χ3v) is 5.12. The lowest BCUT2D eigenvalue weighted by Gasteiger charge is -2.14. The van der Waals surface area contributed by atoms with Crippen molar-refractivity contribution in [2.24, 2.45) is 0 Å². The number of phenolic OH excluding ortho intramolecular Hbond substituents is 1. The third-order valence-electron chi connectivity index (χ3n) is 3.74. The fourth-order valence-corrected chi connectivity index (χ4v) is 3.68. The van der Waals surface area contributed by atoms with E-state index < -0.39 is 5.97 Å². The number of nitrogens with one attached hydrogen (secondary N) is 1. The predicted octanol–water partition coefficient (Wildman–Crippen LogP) is 2.35.